The summed E-state index contributed by atoms with van der Waals surface area (Å²) >= 11 is 0. The van der Waals surface area contributed by atoms with Crippen molar-refractivity contribution in [3.8, 4) is 0 Å². The highest BCUT2D eigenvalue weighted by molar-refractivity contribution is 14.0. The fourth-order valence-electron chi connectivity index (χ4n) is 4.23. The van der Waals surface area contributed by atoms with E-state index < -0.39 is 0 Å². The van der Waals surface area contributed by atoms with E-state index in [0.29, 0.717) is 18.9 Å². The van der Waals surface area contributed by atoms with Gasteiger partial charge in [0.25, 0.3) is 0 Å². The van der Waals surface area contributed by atoms with E-state index >= 15 is 0 Å². The minimum absolute atomic E-state index is 0. The summed E-state index contributed by atoms with van der Waals surface area (Å²) in [5, 5.41) is 6.83. The monoisotopic (exact) mass is 577 g/mol. The molecule has 0 spiro atoms. The maximum atomic E-state index is 12.5. The van der Waals surface area contributed by atoms with E-state index in [0.717, 1.165) is 38.6 Å². The van der Waals surface area contributed by atoms with Gasteiger partial charge in [0.2, 0.25) is 5.91 Å². The molecule has 6 nitrogen and oxygen atoms in total. The summed E-state index contributed by atoms with van der Waals surface area (Å²) in [6.45, 7) is 7.99. The number of likely N-dealkylation sites (N-methyl/N-ethyl adjacent to an activating group) is 1. The van der Waals surface area contributed by atoms with E-state index in [4.69, 9.17) is 4.99 Å². The number of aryl methyl sites for hydroxylation is 1. The van der Waals surface area contributed by atoms with Crippen LogP contribution in [0.1, 0.15) is 36.1 Å². The zero-order valence-electron chi connectivity index (χ0n) is 21.0. The molecule has 3 rings (SSSR count). The Balaban J connectivity index is 0.00000408. The standard InChI is InChI=1S/C27H39N5O.HI/c1-5-28-27(30-19-25(31(3)4)24-13-11-21(2)12-14-24)29-18-23-17-26(33)32(20-23)16-15-22-9-7-6-8-10-22;/h6-14,23,25H,5,15-20H2,1-4H3,(H2,28,29,30);1H. The van der Waals surface area contributed by atoms with Crippen molar-refractivity contribution in [1.82, 2.24) is 20.4 Å². The molecule has 34 heavy (non-hydrogen) atoms. The molecule has 1 amide bonds. The Kier molecular flexibility index (Phi) is 11.8. The molecule has 7 heteroatoms. The lowest BCUT2D eigenvalue weighted by atomic mass is 10.0. The molecule has 1 saturated heterocycles. The van der Waals surface area contributed by atoms with Gasteiger partial charge in [-0.15, -0.1) is 24.0 Å². The number of halogens is 1. The van der Waals surface area contributed by atoms with Crippen molar-refractivity contribution in [3.63, 3.8) is 0 Å². The van der Waals surface area contributed by atoms with Crippen LogP contribution in [-0.2, 0) is 11.2 Å². The van der Waals surface area contributed by atoms with Gasteiger partial charge in [0, 0.05) is 38.5 Å². The average Bonchev–Trinajstić information content (AvgIpc) is 3.17. The van der Waals surface area contributed by atoms with Crippen LogP contribution in [0.5, 0.6) is 0 Å². The Bertz CT molecular complexity index is 901. The zero-order chi connectivity index (χ0) is 23.6. The lowest BCUT2D eigenvalue weighted by Crippen LogP contribution is -2.41. The van der Waals surface area contributed by atoms with Gasteiger partial charge in [-0.3, -0.25) is 9.79 Å². The molecular weight excluding hydrogens is 537 g/mol. The third kappa shape index (κ3) is 8.58. The molecule has 0 saturated carbocycles. The molecule has 1 heterocycles. The number of hydrogen-bond acceptors (Lipinski definition) is 3. The highest BCUT2D eigenvalue weighted by Gasteiger charge is 2.29. The third-order valence-electron chi connectivity index (χ3n) is 6.22. The molecule has 0 aliphatic carbocycles. The van der Waals surface area contributed by atoms with Crippen molar-refractivity contribution < 1.29 is 4.79 Å². The van der Waals surface area contributed by atoms with Gasteiger partial charge >= 0.3 is 0 Å². The van der Waals surface area contributed by atoms with Gasteiger partial charge in [-0.2, -0.15) is 0 Å². The summed E-state index contributed by atoms with van der Waals surface area (Å²) in [7, 11) is 4.18. The van der Waals surface area contributed by atoms with Crippen LogP contribution >= 0.6 is 24.0 Å². The molecule has 186 valence electrons. The van der Waals surface area contributed by atoms with Crippen molar-refractivity contribution in [3.05, 3.63) is 71.3 Å². The molecule has 1 aliphatic heterocycles. The number of hydrogen-bond donors (Lipinski definition) is 2. The summed E-state index contributed by atoms with van der Waals surface area (Å²) in [4.78, 5) is 21.6. The minimum atomic E-state index is 0. The number of rotatable bonds is 10. The molecule has 0 aromatic heterocycles. The summed E-state index contributed by atoms with van der Waals surface area (Å²) in [6, 6.07) is 19.3. The van der Waals surface area contributed by atoms with E-state index in [2.05, 4.69) is 92.0 Å². The SMILES string of the molecule is CCNC(=NCC(c1ccc(C)cc1)N(C)C)NCC1CC(=O)N(CCc2ccccc2)C1.I. The van der Waals surface area contributed by atoms with E-state index in [1.807, 2.05) is 11.0 Å². The first-order chi connectivity index (χ1) is 16.0. The van der Waals surface area contributed by atoms with Gasteiger partial charge in [0.15, 0.2) is 5.96 Å². The molecule has 0 bridgehead atoms. The maximum absolute atomic E-state index is 12.5. The van der Waals surface area contributed by atoms with Crippen LogP contribution in [-0.4, -0.2) is 68.5 Å². The van der Waals surface area contributed by atoms with Crippen molar-refractivity contribution >= 4 is 35.8 Å². The van der Waals surface area contributed by atoms with Crippen LogP contribution in [0.4, 0.5) is 0 Å². The molecule has 2 aromatic carbocycles. The van der Waals surface area contributed by atoms with Gasteiger partial charge in [-0.25, -0.2) is 0 Å². The summed E-state index contributed by atoms with van der Waals surface area (Å²) in [5.41, 5.74) is 3.80. The van der Waals surface area contributed by atoms with Gasteiger partial charge < -0.3 is 20.4 Å². The zero-order valence-corrected chi connectivity index (χ0v) is 23.3. The van der Waals surface area contributed by atoms with E-state index in [1.54, 1.807) is 0 Å². The average molecular weight is 578 g/mol. The molecule has 2 atom stereocenters. The van der Waals surface area contributed by atoms with Gasteiger partial charge in [-0.05, 0) is 45.5 Å². The Morgan fingerprint density at radius 2 is 1.82 bits per heavy atom. The number of aliphatic imine (C=N–C) groups is 1. The summed E-state index contributed by atoms with van der Waals surface area (Å²) < 4.78 is 0. The molecule has 2 unspecified atom stereocenters. The highest BCUT2D eigenvalue weighted by Crippen LogP contribution is 2.20. The smallest absolute Gasteiger partial charge is 0.223 e. The quantitative estimate of drug-likeness (QED) is 0.256. The van der Waals surface area contributed by atoms with Crippen LogP contribution < -0.4 is 10.6 Å². The fourth-order valence-corrected chi connectivity index (χ4v) is 4.23. The second kappa shape index (κ2) is 14.3. The maximum Gasteiger partial charge on any atom is 0.223 e. The summed E-state index contributed by atoms with van der Waals surface area (Å²) in [5.74, 6) is 1.37. The highest BCUT2D eigenvalue weighted by atomic mass is 127. The Morgan fingerprint density at radius 3 is 2.47 bits per heavy atom. The summed E-state index contributed by atoms with van der Waals surface area (Å²) in [6.07, 6.45) is 1.51. The Hall–Kier alpha value is -2.13. The van der Waals surface area contributed by atoms with Crippen LogP contribution in [0.2, 0.25) is 0 Å². The van der Waals surface area contributed by atoms with Crippen LogP contribution in [0.15, 0.2) is 59.6 Å². The number of amides is 1. The molecule has 2 N–H and O–H groups in total. The molecule has 1 aliphatic rings. The molecule has 1 fully saturated rings. The largest absolute Gasteiger partial charge is 0.357 e. The van der Waals surface area contributed by atoms with Gasteiger partial charge in [0.1, 0.15) is 0 Å². The molecule has 0 radical (unpaired) electrons. The van der Waals surface area contributed by atoms with Crippen LogP contribution in [0.3, 0.4) is 0 Å². The van der Waals surface area contributed by atoms with Crippen LogP contribution in [0, 0.1) is 12.8 Å². The fraction of sp³-hybridized carbons (Fsp3) is 0.481. The first kappa shape index (κ1) is 28.1. The number of benzene rings is 2. The number of carbonyl (C=O) groups is 1. The van der Waals surface area contributed by atoms with Crippen molar-refractivity contribution in [2.75, 3.05) is 46.8 Å². The van der Waals surface area contributed by atoms with E-state index in [9.17, 15) is 4.79 Å². The minimum Gasteiger partial charge on any atom is -0.357 e. The Labute approximate surface area is 222 Å². The predicted molar refractivity (Wildman–Crippen MR) is 152 cm³/mol. The van der Waals surface area contributed by atoms with Crippen molar-refractivity contribution in [1.29, 1.82) is 0 Å². The number of likely N-dealkylation sites (tertiary alicyclic amines) is 1. The Morgan fingerprint density at radius 1 is 1.12 bits per heavy atom. The number of carbonyl (C=O) groups excluding carboxylic acids is 1. The van der Waals surface area contributed by atoms with Crippen LogP contribution in [0.25, 0.3) is 0 Å². The van der Waals surface area contributed by atoms with E-state index in [-0.39, 0.29) is 35.9 Å². The lowest BCUT2D eigenvalue weighted by Gasteiger charge is -2.24. The number of nitrogens with zero attached hydrogens (tertiary/aromatic N) is 3. The topological polar surface area (TPSA) is 60.0 Å². The first-order valence-electron chi connectivity index (χ1n) is 12.0. The predicted octanol–water partition coefficient (Wildman–Crippen LogP) is 3.86. The van der Waals surface area contributed by atoms with Crippen molar-refractivity contribution in [2.24, 2.45) is 10.9 Å². The van der Waals surface area contributed by atoms with Gasteiger partial charge in [0.05, 0.1) is 12.6 Å². The lowest BCUT2D eigenvalue weighted by molar-refractivity contribution is -0.127. The van der Waals surface area contributed by atoms with Crippen molar-refractivity contribution in [2.45, 2.75) is 32.7 Å². The third-order valence-corrected chi connectivity index (χ3v) is 6.22. The number of nitrogens with one attached hydrogen (secondary N) is 2. The molecule has 2 aromatic rings. The number of guanidine groups is 1. The molecular formula is C27H40IN5O. The second-order valence-electron chi connectivity index (χ2n) is 9.14. The second-order valence-corrected chi connectivity index (χ2v) is 9.14. The first-order valence-corrected chi connectivity index (χ1v) is 12.0. The van der Waals surface area contributed by atoms with E-state index in [1.165, 1.54) is 16.7 Å². The normalized spacial score (nSPS) is 17.0. The van der Waals surface area contributed by atoms with Gasteiger partial charge in [-0.1, -0.05) is 60.2 Å².